The Balaban J connectivity index is 1.40. The minimum atomic E-state index is 0.365. The van der Waals surface area contributed by atoms with Crippen molar-refractivity contribution in [2.24, 2.45) is 5.92 Å². The van der Waals surface area contributed by atoms with Crippen molar-refractivity contribution in [2.75, 3.05) is 18.4 Å². The van der Waals surface area contributed by atoms with E-state index < -0.39 is 0 Å². The van der Waals surface area contributed by atoms with E-state index in [1.165, 1.54) is 25.7 Å². The first kappa shape index (κ1) is 16.3. The second-order valence-corrected chi connectivity index (χ2v) is 7.15. The average molecular weight is 315 g/mol. The highest BCUT2D eigenvalue weighted by Crippen LogP contribution is 2.29. The van der Waals surface area contributed by atoms with Gasteiger partial charge in [0.25, 0.3) is 0 Å². The monoisotopic (exact) mass is 315 g/mol. The Morgan fingerprint density at radius 2 is 1.96 bits per heavy atom. The number of aryl methyl sites for hydroxylation is 1. The molecule has 1 amide bonds. The summed E-state index contributed by atoms with van der Waals surface area (Å²) >= 11 is 0. The maximum absolute atomic E-state index is 12.4. The van der Waals surface area contributed by atoms with E-state index in [-0.39, 0.29) is 0 Å². The van der Waals surface area contributed by atoms with E-state index in [0.29, 0.717) is 11.9 Å². The zero-order valence-electron chi connectivity index (χ0n) is 14.3. The van der Waals surface area contributed by atoms with E-state index in [1.807, 2.05) is 25.1 Å². The highest BCUT2D eigenvalue weighted by atomic mass is 16.2. The summed E-state index contributed by atoms with van der Waals surface area (Å²) in [6.07, 6.45) is 9.29. The lowest BCUT2D eigenvalue weighted by atomic mass is 10.00. The predicted octanol–water partition coefficient (Wildman–Crippen LogP) is 3.76. The number of hydrogen-bond acceptors (Lipinski definition) is 3. The van der Waals surface area contributed by atoms with Gasteiger partial charge in [0.1, 0.15) is 5.82 Å². The molecular weight excluding hydrogens is 286 g/mol. The van der Waals surface area contributed by atoms with Crippen LogP contribution in [0, 0.1) is 12.8 Å². The van der Waals surface area contributed by atoms with Crippen LogP contribution in [-0.4, -0.2) is 34.9 Å². The molecule has 0 aromatic carbocycles. The second kappa shape index (κ2) is 7.80. The van der Waals surface area contributed by atoms with Gasteiger partial charge in [-0.3, -0.25) is 4.79 Å². The molecule has 0 unspecified atom stereocenters. The Morgan fingerprint density at radius 1 is 1.22 bits per heavy atom. The molecule has 2 heterocycles. The summed E-state index contributed by atoms with van der Waals surface area (Å²) in [4.78, 5) is 18.9. The zero-order valence-corrected chi connectivity index (χ0v) is 14.3. The molecule has 1 aliphatic heterocycles. The number of carbonyl (C=O) groups excluding carboxylic acids is 1. The molecule has 3 rings (SSSR count). The molecule has 0 radical (unpaired) electrons. The van der Waals surface area contributed by atoms with Crippen LogP contribution in [0.3, 0.4) is 0 Å². The number of piperidine rings is 1. The fourth-order valence-electron chi connectivity index (χ4n) is 3.89. The van der Waals surface area contributed by atoms with Crippen molar-refractivity contribution in [3.8, 4) is 0 Å². The van der Waals surface area contributed by atoms with Gasteiger partial charge in [0.05, 0.1) is 0 Å². The first-order valence-electron chi connectivity index (χ1n) is 9.18. The Hall–Kier alpha value is -1.58. The molecule has 1 aromatic heterocycles. The summed E-state index contributed by atoms with van der Waals surface area (Å²) in [7, 11) is 0. The second-order valence-electron chi connectivity index (χ2n) is 7.15. The number of nitrogens with one attached hydrogen (secondary N) is 1. The van der Waals surface area contributed by atoms with Crippen LogP contribution in [0.5, 0.6) is 0 Å². The van der Waals surface area contributed by atoms with Crippen molar-refractivity contribution in [1.82, 2.24) is 9.88 Å². The normalized spacial score (nSPS) is 20.0. The molecule has 0 atom stereocenters. The maximum Gasteiger partial charge on any atom is 0.222 e. The number of nitrogens with zero attached hydrogens (tertiary/aromatic N) is 2. The van der Waals surface area contributed by atoms with Crippen molar-refractivity contribution in [2.45, 2.75) is 64.3 Å². The van der Waals surface area contributed by atoms with Gasteiger partial charge in [0.2, 0.25) is 5.91 Å². The van der Waals surface area contributed by atoms with Gasteiger partial charge in [0, 0.05) is 31.2 Å². The van der Waals surface area contributed by atoms with Crippen LogP contribution < -0.4 is 5.32 Å². The molecule has 1 aliphatic carbocycles. The molecular formula is C19H29N3O. The van der Waals surface area contributed by atoms with Gasteiger partial charge >= 0.3 is 0 Å². The molecule has 4 heteroatoms. The van der Waals surface area contributed by atoms with Crippen molar-refractivity contribution < 1.29 is 4.79 Å². The largest absolute Gasteiger partial charge is 0.367 e. The molecule has 2 fully saturated rings. The van der Waals surface area contributed by atoms with E-state index in [2.05, 4.69) is 15.2 Å². The molecule has 2 aliphatic rings. The van der Waals surface area contributed by atoms with Crippen LogP contribution in [0.25, 0.3) is 0 Å². The Morgan fingerprint density at radius 3 is 2.65 bits per heavy atom. The fraction of sp³-hybridized carbons (Fsp3) is 0.684. The Bertz CT molecular complexity index is 517. The van der Waals surface area contributed by atoms with Crippen molar-refractivity contribution in [3.63, 3.8) is 0 Å². The summed E-state index contributed by atoms with van der Waals surface area (Å²) in [5.41, 5.74) is 1.04. The lowest BCUT2D eigenvalue weighted by Gasteiger charge is -2.33. The van der Waals surface area contributed by atoms with Gasteiger partial charge in [-0.25, -0.2) is 4.98 Å². The van der Waals surface area contributed by atoms with Crippen LogP contribution >= 0.6 is 0 Å². The summed E-state index contributed by atoms with van der Waals surface area (Å²) in [5, 5.41) is 3.51. The quantitative estimate of drug-likeness (QED) is 0.900. The summed E-state index contributed by atoms with van der Waals surface area (Å²) < 4.78 is 0. The van der Waals surface area contributed by atoms with Gasteiger partial charge in [0.15, 0.2) is 0 Å². The summed E-state index contributed by atoms with van der Waals surface area (Å²) in [6.45, 7) is 3.77. The van der Waals surface area contributed by atoms with Gasteiger partial charge in [-0.1, -0.05) is 31.7 Å². The molecule has 1 aromatic rings. The zero-order chi connectivity index (χ0) is 16.1. The molecule has 0 bridgehead atoms. The fourth-order valence-corrected chi connectivity index (χ4v) is 3.89. The molecule has 1 saturated carbocycles. The van der Waals surface area contributed by atoms with E-state index in [0.717, 1.165) is 56.2 Å². The summed E-state index contributed by atoms with van der Waals surface area (Å²) in [5.74, 6) is 2.13. The van der Waals surface area contributed by atoms with Gasteiger partial charge < -0.3 is 10.2 Å². The maximum atomic E-state index is 12.4. The first-order valence-corrected chi connectivity index (χ1v) is 9.18. The minimum absolute atomic E-state index is 0.365. The number of anilines is 1. The minimum Gasteiger partial charge on any atom is -0.367 e. The first-order chi connectivity index (χ1) is 11.2. The van der Waals surface area contributed by atoms with Crippen LogP contribution in [0.1, 0.15) is 57.1 Å². The number of pyridine rings is 1. The SMILES string of the molecule is Cc1cccc(NC2CCN(C(=O)CCC3CCCC3)CC2)n1. The highest BCUT2D eigenvalue weighted by molar-refractivity contribution is 5.76. The molecule has 1 saturated heterocycles. The van der Waals surface area contributed by atoms with Crippen LogP contribution in [-0.2, 0) is 4.79 Å². The third-order valence-electron chi connectivity index (χ3n) is 5.33. The Kier molecular flexibility index (Phi) is 5.52. The number of likely N-dealkylation sites (tertiary alicyclic amines) is 1. The van der Waals surface area contributed by atoms with E-state index in [1.54, 1.807) is 0 Å². The lowest BCUT2D eigenvalue weighted by molar-refractivity contribution is -0.132. The lowest BCUT2D eigenvalue weighted by Crippen LogP contribution is -2.42. The third-order valence-corrected chi connectivity index (χ3v) is 5.33. The van der Waals surface area contributed by atoms with Gasteiger partial charge in [-0.2, -0.15) is 0 Å². The molecule has 0 spiro atoms. The van der Waals surface area contributed by atoms with E-state index in [4.69, 9.17) is 0 Å². The standard InChI is InChI=1S/C19H29N3O/c1-15-5-4-8-18(20-15)21-17-11-13-22(14-12-17)19(23)10-9-16-6-2-3-7-16/h4-5,8,16-17H,2-3,6-7,9-14H2,1H3,(H,20,21). The number of rotatable bonds is 5. The van der Waals surface area contributed by atoms with E-state index >= 15 is 0 Å². The van der Waals surface area contributed by atoms with Crippen LogP contribution in [0.15, 0.2) is 18.2 Å². The van der Waals surface area contributed by atoms with Crippen molar-refractivity contribution in [1.29, 1.82) is 0 Å². The topological polar surface area (TPSA) is 45.2 Å². The van der Waals surface area contributed by atoms with Crippen molar-refractivity contribution >= 4 is 11.7 Å². The highest BCUT2D eigenvalue weighted by Gasteiger charge is 2.24. The van der Waals surface area contributed by atoms with E-state index in [9.17, 15) is 4.79 Å². The number of aromatic nitrogens is 1. The molecule has 4 nitrogen and oxygen atoms in total. The summed E-state index contributed by atoms with van der Waals surface area (Å²) in [6, 6.07) is 6.50. The average Bonchev–Trinajstić information content (AvgIpc) is 3.07. The number of hydrogen-bond donors (Lipinski definition) is 1. The van der Waals surface area contributed by atoms with Crippen molar-refractivity contribution in [3.05, 3.63) is 23.9 Å². The van der Waals surface area contributed by atoms with Crippen LogP contribution in [0.2, 0.25) is 0 Å². The number of carbonyl (C=O) groups is 1. The molecule has 1 N–H and O–H groups in total. The van der Waals surface area contributed by atoms with Gasteiger partial charge in [-0.05, 0) is 44.2 Å². The smallest absolute Gasteiger partial charge is 0.222 e. The number of amides is 1. The third kappa shape index (κ3) is 4.69. The predicted molar refractivity (Wildman–Crippen MR) is 93.4 cm³/mol. The molecule has 23 heavy (non-hydrogen) atoms. The van der Waals surface area contributed by atoms with Gasteiger partial charge in [-0.15, -0.1) is 0 Å². The molecule has 126 valence electrons. The van der Waals surface area contributed by atoms with Crippen LogP contribution in [0.4, 0.5) is 5.82 Å². The Labute approximate surface area is 139 Å².